The monoisotopic (exact) mass is 487 g/mol. The van der Waals surface area contributed by atoms with E-state index >= 15 is 0 Å². The number of halogens is 4. The van der Waals surface area contributed by atoms with E-state index in [1.807, 2.05) is 38.4 Å². The molecule has 176 valence electrons. The number of alkyl halides is 3. The Balaban J connectivity index is 1.57. The van der Waals surface area contributed by atoms with Gasteiger partial charge in [-0.1, -0.05) is 35.0 Å². The van der Waals surface area contributed by atoms with E-state index < -0.39 is 16.9 Å². The molecule has 0 bridgehead atoms. The fourth-order valence-electron chi connectivity index (χ4n) is 4.58. The number of hydrogen-bond donors (Lipinski definition) is 0. The number of benzene rings is 1. The van der Waals surface area contributed by atoms with Crippen LogP contribution in [0.5, 0.6) is 5.88 Å². The molecule has 3 heterocycles. The van der Waals surface area contributed by atoms with Gasteiger partial charge in [-0.15, -0.1) is 0 Å². The minimum Gasteiger partial charge on any atom is -0.347 e. The van der Waals surface area contributed by atoms with Gasteiger partial charge in [-0.25, -0.2) is 4.98 Å². The molecule has 0 amide bonds. The molecule has 0 saturated heterocycles. The number of oxime groups is 1. The van der Waals surface area contributed by atoms with Crippen LogP contribution in [0.4, 0.5) is 13.2 Å². The number of rotatable bonds is 4. The van der Waals surface area contributed by atoms with Gasteiger partial charge in [0.05, 0.1) is 11.3 Å². The minimum absolute atomic E-state index is 0.0103. The van der Waals surface area contributed by atoms with Gasteiger partial charge >= 0.3 is 6.18 Å². The first-order chi connectivity index (χ1) is 16.2. The van der Waals surface area contributed by atoms with Crippen LogP contribution in [-0.4, -0.2) is 24.8 Å². The molecule has 1 aliphatic carbocycles. The van der Waals surface area contributed by atoms with Crippen LogP contribution in [0.25, 0.3) is 10.9 Å². The lowest BCUT2D eigenvalue weighted by atomic mass is 9.84. The third-order valence-corrected chi connectivity index (χ3v) is 6.60. The van der Waals surface area contributed by atoms with Crippen LogP contribution in [0.3, 0.4) is 0 Å². The second kappa shape index (κ2) is 8.47. The zero-order valence-corrected chi connectivity index (χ0v) is 19.2. The highest BCUT2D eigenvalue weighted by molar-refractivity contribution is 6.30. The van der Waals surface area contributed by atoms with Crippen molar-refractivity contribution in [2.45, 2.75) is 32.5 Å². The maximum absolute atomic E-state index is 13.0. The SMILES string of the molecule is Cc1nccn1CC1CCc2c(c3ccccc3n2C)/C1=N/Oc1ccc(C(F)(F)F)c(Cl)n1. The highest BCUT2D eigenvalue weighted by atomic mass is 35.5. The van der Waals surface area contributed by atoms with Crippen molar-refractivity contribution in [1.29, 1.82) is 0 Å². The van der Waals surface area contributed by atoms with Gasteiger partial charge in [-0.05, 0) is 31.9 Å². The summed E-state index contributed by atoms with van der Waals surface area (Å²) in [7, 11) is 2.02. The quantitative estimate of drug-likeness (QED) is 0.270. The Labute approximate surface area is 198 Å². The molecule has 0 radical (unpaired) electrons. The molecule has 0 aliphatic heterocycles. The normalized spacial score (nSPS) is 17.4. The first-order valence-corrected chi connectivity index (χ1v) is 11.1. The molecule has 1 aliphatic rings. The van der Waals surface area contributed by atoms with E-state index in [2.05, 4.69) is 30.3 Å². The summed E-state index contributed by atoms with van der Waals surface area (Å²) in [6.07, 6.45) is 0.774. The van der Waals surface area contributed by atoms with Crippen molar-refractivity contribution in [3.8, 4) is 5.88 Å². The number of hydrogen-bond acceptors (Lipinski definition) is 4. The van der Waals surface area contributed by atoms with Crippen LogP contribution >= 0.6 is 11.6 Å². The Morgan fingerprint density at radius 1 is 1.21 bits per heavy atom. The predicted molar refractivity (Wildman–Crippen MR) is 123 cm³/mol. The van der Waals surface area contributed by atoms with Crippen molar-refractivity contribution in [3.63, 3.8) is 0 Å². The molecule has 0 saturated carbocycles. The predicted octanol–water partition coefficient (Wildman–Crippen LogP) is 5.80. The molecule has 0 fully saturated rings. The maximum atomic E-state index is 13.0. The number of aromatic nitrogens is 4. The van der Waals surface area contributed by atoms with Crippen LogP contribution < -0.4 is 4.84 Å². The summed E-state index contributed by atoms with van der Waals surface area (Å²) >= 11 is 5.77. The molecule has 10 heteroatoms. The largest absolute Gasteiger partial charge is 0.419 e. The number of imidazole rings is 1. The van der Waals surface area contributed by atoms with E-state index in [0.717, 1.165) is 58.7 Å². The summed E-state index contributed by atoms with van der Waals surface area (Å²) in [5.74, 6) is 0.798. The molecule has 34 heavy (non-hydrogen) atoms. The van der Waals surface area contributed by atoms with Crippen LogP contribution in [0, 0.1) is 12.8 Å². The first kappa shape index (κ1) is 22.5. The minimum atomic E-state index is -4.59. The fourth-order valence-corrected chi connectivity index (χ4v) is 4.84. The van der Waals surface area contributed by atoms with Crippen LogP contribution in [-0.2, 0) is 26.2 Å². The number of aryl methyl sites for hydroxylation is 2. The Morgan fingerprint density at radius 3 is 2.71 bits per heavy atom. The van der Waals surface area contributed by atoms with Crippen molar-refractivity contribution in [2.24, 2.45) is 18.1 Å². The molecule has 6 nitrogen and oxygen atoms in total. The highest BCUT2D eigenvalue weighted by Crippen LogP contribution is 2.36. The summed E-state index contributed by atoms with van der Waals surface area (Å²) < 4.78 is 43.3. The summed E-state index contributed by atoms with van der Waals surface area (Å²) in [6, 6.07) is 10.0. The van der Waals surface area contributed by atoms with E-state index in [1.54, 1.807) is 6.20 Å². The summed E-state index contributed by atoms with van der Waals surface area (Å²) in [5.41, 5.74) is 2.92. The lowest BCUT2D eigenvalue weighted by Gasteiger charge is -2.26. The number of nitrogens with zero attached hydrogens (tertiary/aromatic N) is 5. The van der Waals surface area contributed by atoms with Gasteiger partial charge in [0.25, 0.3) is 0 Å². The molecule has 5 rings (SSSR count). The van der Waals surface area contributed by atoms with Crippen molar-refractivity contribution in [3.05, 3.63) is 76.6 Å². The lowest BCUT2D eigenvalue weighted by Crippen LogP contribution is -2.28. The molecule has 1 unspecified atom stereocenters. The topological polar surface area (TPSA) is 57.2 Å². The second-order valence-electron chi connectivity index (χ2n) is 8.31. The number of fused-ring (bicyclic) bond motifs is 3. The van der Waals surface area contributed by atoms with Crippen molar-refractivity contribution < 1.29 is 18.0 Å². The third kappa shape index (κ3) is 3.94. The van der Waals surface area contributed by atoms with Crippen LogP contribution in [0.2, 0.25) is 5.15 Å². The maximum Gasteiger partial charge on any atom is 0.419 e. The van der Waals surface area contributed by atoms with Crippen molar-refractivity contribution >= 4 is 28.2 Å². The van der Waals surface area contributed by atoms with Gasteiger partial charge in [0.2, 0.25) is 5.88 Å². The Bertz CT molecular complexity index is 1410. The van der Waals surface area contributed by atoms with Crippen molar-refractivity contribution in [1.82, 2.24) is 19.1 Å². The lowest BCUT2D eigenvalue weighted by molar-refractivity contribution is -0.137. The Morgan fingerprint density at radius 2 is 2.00 bits per heavy atom. The number of pyridine rings is 1. The van der Waals surface area contributed by atoms with Crippen molar-refractivity contribution in [2.75, 3.05) is 0 Å². The van der Waals surface area contributed by atoms with Gasteiger partial charge in [0.15, 0.2) is 0 Å². The summed E-state index contributed by atoms with van der Waals surface area (Å²) in [6.45, 7) is 2.59. The van der Waals surface area contributed by atoms with E-state index in [1.165, 1.54) is 0 Å². The highest BCUT2D eigenvalue weighted by Gasteiger charge is 2.34. The van der Waals surface area contributed by atoms with Gasteiger partial charge in [0, 0.05) is 60.1 Å². The van der Waals surface area contributed by atoms with Gasteiger partial charge in [0.1, 0.15) is 11.0 Å². The van der Waals surface area contributed by atoms with Gasteiger partial charge in [-0.2, -0.15) is 18.2 Å². The zero-order chi connectivity index (χ0) is 24.0. The first-order valence-electron chi connectivity index (χ1n) is 10.8. The molecular weight excluding hydrogens is 467 g/mol. The standard InChI is InChI=1S/C24H21ClF3N5O/c1-14-29-11-12-33(14)13-15-7-9-19-21(16-5-3-4-6-18(16)32(19)2)22(15)31-34-20-10-8-17(23(25)30-20)24(26,27)28/h3-6,8,10-12,15H,7,9,13H2,1-2H3/b31-22+. The van der Waals surface area contributed by atoms with E-state index in [4.69, 9.17) is 16.4 Å². The Hall–Kier alpha value is -3.33. The molecule has 0 spiro atoms. The van der Waals surface area contributed by atoms with Gasteiger partial charge < -0.3 is 14.0 Å². The second-order valence-corrected chi connectivity index (χ2v) is 8.67. The van der Waals surface area contributed by atoms with E-state index in [9.17, 15) is 13.2 Å². The zero-order valence-electron chi connectivity index (χ0n) is 18.5. The molecule has 3 aromatic heterocycles. The van der Waals surface area contributed by atoms with Crippen LogP contribution in [0.15, 0.2) is 53.9 Å². The average molecular weight is 488 g/mol. The molecule has 4 aromatic rings. The summed E-state index contributed by atoms with van der Waals surface area (Å²) in [4.78, 5) is 13.6. The smallest absolute Gasteiger partial charge is 0.347 e. The number of para-hydroxylation sites is 1. The average Bonchev–Trinajstić information content (AvgIpc) is 3.33. The molecular formula is C24H21ClF3N5O. The van der Waals surface area contributed by atoms with E-state index in [0.29, 0.717) is 6.54 Å². The van der Waals surface area contributed by atoms with Gasteiger partial charge in [-0.3, -0.25) is 0 Å². The summed E-state index contributed by atoms with van der Waals surface area (Å²) in [5, 5.41) is 4.82. The van der Waals surface area contributed by atoms with E-state index in [-0.39, 0.29) is 11.8 Å². The molecule has 0 N–H and O–H groups in total. The third-order valence-electron chi connectivity index (χ3n) is 6.31. The Kier molecular flexibility index (Phi) is 5.59. The molecule has 1 atom stereocenters. The van der Waals surface area contributed by atoms with Crippen LogP contribution in [0.1, 0.15) is 29.1 Å². The fraction of sp³-hybridized carbons (Fsp3) is 0.292. The molecule has 1 aromatic carbocycles.